The minimum Gasteiger partial charge on any atom is -0.112 e. The van der Waals surface area contributed by atoms with Crippen LogP contribution in [0.2, 0.25) is 0 Å². The first kappa shape index (κ1) is 43.2. The zero-order chi connectivity index (χ0) is 40.5. The van der Waals surface area contributed by atoms with Crippen molar-refractivity contribution in [3.8, 4) is 22.3 Å². The fourth-order valence-electron chi connectivity index (χ4n) is 6.98. The summed E-state index contributed by atoms with van der Waals surface area (Å²) in [6.07, 6.45) is 27.3. The lowest BCUT2D eigenvalue weighted by molar-refractivity contribution is 1.35. The van der Waals surface area contributed by atoms with Crippen LogP contribution in [0.1, 0.15) is 92.5 Å². The van der Waals surface area contributed by atoms with Crippen molar-refractivity contribution in [1.82, 2.24) is 0 Å². The van der Waals surface area contributed by atoms with Gasteiger partial charge in [0.1, 0.15) is 0 Å². The topological polar surface area (TPSA) is 0 Å². The van der Waals surface area contributed by atoms with E-state index < -0.39 is 0 Å². The molecule has 0 aliphatic heterocycles. The van der Waals surface area contributed by atoms with Gasteiger partial charge >= 0.3 is 0 Å². The second-order valence-electron chi connectivity index (χ2n) is 12.5. The molecule has 0 amide bonds. The van der Waals surface area contributed by atoms with Crippen molar-refractivity contribution in [3.63, 3.8) is 0 Å². The Morgan fingerprint density at radius 2 is 1.36 bits per heavy atom. The van der Waals surface area contributed by atoms with E-state index in [9.17, 15) is 0 Å². The van der Waals surface area contributed by atoms with Crippen LogP contribution in [0.3, 0.4) is 0 Å². The van der Waals surface area contributed by atoms with E-state index in [-0.39, 0.29) is 0 Å². The first-order valence-electron chi connectivity index (χ1n) is 19.3. The van der Waals surface area contributed by atoms with Crippen molar-refractivity contribution in [2.45, 2.75) is 54.9 Å². The van der Waals surface area contributed by atoms with Crippen LogP contribution in [0.4, 0.5) is 0 Å². The number of allylic oxidation sites excluding steroid dienone is 10. The lowest BCUT2D eigenvalue weighted by atomic mass is 9.82. The highest BCUT2D eigenvalue weighted by molar-refractivity contribution is 5.96. The molecule has 0 spiro atoms. The molecule has 0 bridgehead atoms. The Balaban J connectivity index is 0.00000196. The zero-order valence-corrected chi connectivity index (χ0v) is 34.2. The van der Waals surface area contributed by atoms with Crippen LogP contribution in [0.25, 0.3) is 75.6 Å². The summed E-state index contributed by atoms with van der Waals surface area (Å²) in [7, 11) is 0. The van der Waals surface area contributed by atoms with Gasteiger partial charge in [0.2, 0.25) is 0 Å². The van der Waals surface area contributed by atoms with Gasteiger partial charge in [-0.25, -0.2) is 0 Å². The molecule has 4 aromatic carbocycles. The molecule has 0 heterocycles. The molecule has 0 N–H and O–H groups in total. The maximum absolute atomic E-state index is 4.29. The molecule has 0 nitrogen and oxygen atoms in total. The van der Waals surface area contributed by atoms with Crippen molar-refractivity contribution in [2.75, 3.05) is 0 Å². The van der Waals surface area contributed by atoms with E-state index >= 15 is 0 Å². The van der Waals surface area contributed by atoms with Crippen molar-refractivity contribution in [2.24, 2.45) is 0 Å². The molecular weight excluding hydrogens is 661 g/mol. The van der Waals surface area contributed by atoms with Crippen LogP contribution in [0, 0.1) is 6.92 Å². The number of rotatable bonds is 14. The summed E-state index contributed by atoms with van der Waals surface area (Å²) in [6, 6.07) is 21.5. The number of aryl methyl sites for hydroxylation is 1. The molecule has 0 radical (unpaired) electrons. The predicted molar refractivity (Wildman–Crippen MR) is 253 cm³/mol. The summed E-state index contributed by atoms with van der Waals surface area (Å²) < 4.78 is 0. The maximum Gasteiger partial charge on any atom is 0.0328 e. The molecule has 1 aliphatic carbocycles. The van der Waals surface area contributed by atoms with Crippen LogP contribution < -0.4 is 10.4 Å². The Kier molecular flexibility index (Phi) is 16.9. The van der Waals surface area contributed by atoms with Gasteiger partial charge in [-0.3, -0.25) is 0 Å². The van der Waals surface area contributed by atoms with E-state index in [1.807, 2.05) is 83.2 Å². The van der Waals surface area contributed by atoms with E-state index in [1.54, 1.807) is 0 Å². The van der Waals surface area contributed by atoms with Gasteiger partial charge in [0.25, 0.3) is 0 Å². The van der Waals surface area contributed by atoms with Crippen molar-refractivity contribution in [3.05, 3.63) is 203 Å². The second-order valence-corrected chi connectivity index (χ2v) is 12.5. The van der Waals surface area contributed by atoms with Gasteiger partial charge in [-0.15, -0.1) is 5.73 Å². The number of hydrogen-bond donors (Lipinski definition) is 0. The van der Waals surface area contributed by atoms with Crippen molar-refractivity contribution >= 4 is 53.3 Å². The minimum absolute atomic E-state index is 0.814. The molecule has 0 unspecified atom stereocenters. The van der Waals surface area contributed by atoms with E-state index in [2.05, 4.69) is 150 Å². The molecule has 5 rings (SSSR count). The van der Waals surface area contributed by atoms with Gasteiger partial charge in [-0.2, -0.15) is 0 Å². The number of fused-ring (bicyclic) bond motifs is 1. The third-order valence-corrected chi connectivity index (χ3v) is 9.29. The van der Waals surface area contributed by atoms with Crippen LogP contribution in [-0.4, -0.2) is 0 Å². The fourth-order valence-corrected chi connectivity index (χ4v) is 6.98. The lowest BCUT2D eigenvalue weighted by Crippen LogP contribution is -2.29. The van der Waals surface area contributed by atoms with Gasteiger partial charge < -0.3 is 0 Å². The molecule has 55 heavy (non-hydrogen) atoms. The molecule has 0 saturated heterocycles. The van der Waals surface area contributed by atoms with E-state index in [0.29, 0.717) is 0 Å². The van der Waals surface area contributed by atoms with E-state index in [1.165, 1.54) is 16.7 Å². The van der Waals surface area contributed by atoms with Crippen LogP contribution in [0.5, 0.6) is 0 Å². The van der Waals surface area contributed by atoms with E-state index in [4.69, 9.17) is 0 Å². The smallest absolute Gasteiger partial charge is 0.0328 e. The molecule has 4 aromatic rings. The highest BCUT2D eigenvalue weighted by Crippen LogP contribution is 2.37. The van der Waals surface area contributed by atoms with Gasteiger partial charge in [0.15, 0.2) is 0 Å². The summed E-state index contributed by atoms with van der Waals surface area (Å²) in [5.74, 6) is 0. The molecule has 1 aliphatic rings. The largest absolute Gasteiger partial charge is 0.112 e. The molecule has 278 valence electrons. The molecule has 0 atom stereocenters. The molecular formula is C55H58. The second kappa shape index (κ2) is 21.5. The Bertz CT molecular complexity index is 2370. The average Bonchev–Trinajstić information content (AvgIpc) is 3.71. The quantitative estimate of drug-likeness (QED) is 0.114. The van der Waals surface area contributed by atoms with Crippen LogP contribution in [-0.2, 0) is 0 Å². The summed E-state index contributed by atoms with van der Waals surface area (Å²) >= 11 is 0. The van der Waals surface area contributed by atoms with Gasteiger partial charge in [-0.1, -0.05) is 200 Å². The van der Waals surface area contributed by atoms with Crippen molar-refractivity contribution in [1.29, 1.82) is 0 Å². The van der Waals surface area contributed by atoms with Gasteiger partial charge in [-0.05, 0) is 117 Å². The van der Waals surface area contributed by atoms with Gasteiger partial charge in [0, 0.05) is 10.8 Å². The highest BCUT2D eigenvalue weighted by Gasteiger charge is 2.21. The highest BCUT2D eigenvalue weighted by atomic mass is 14.2. The molecule has 0 heteroatoms. The lowest BCUT2D eigenvalue weighted by Gasteiger charge is -2.21. The third kappa shape index (κ3) is 9.49. The fraction of sp³-hybridized carbons (Fsp3) is 0.145. The Morgan fingerprint density at radius 1 is 0.727 bits per heavy atom. The Labute approximate surface area is 332 Å². The minimum atomic E-state index is 0.814. The van der Waals surface area contributed by atoms with E-state index in [0.717, 1.165) is 83.6 Å². The Hall–Kier alpha value is -6.20. The number of hydrogen-bond acceptors (Lipinski definition) is 0. The van der Waals surface area contributed by atoms with Crippen molar-refractivity contribution < 1.29 is 0 Å². The van der Waals surface area contributed by atoms with Crippen LogP contribution in [0.15, 0.2) is 148 Å². The van der Waals surface area contributed by atoms with Crippen LogP contribution >= 0.6 is 0 Å². The number of benzene rings is 4. The zero-order valence-electron chi connectivity index (χ0n) is 34.2. The molecule has 0 aromatic heterocycles. The predicted octanol–water partition coefficient (Wildman–Crippen LogP) is 14.9. The first-order valence-corrected chi connectivity index (χ1v) is 19.3. The summed E-state index contributed by atoms with van der Waals surface area (Å²) in [6.45, 7) is 39.4. The Morgan fingerprint density at radius 3 is 1.95 bits per heavy atom. The normalized spacial score (nSPS) is 11.7. The summed E-state index contributed by atoms with van der Waals surface area (Å²) in [5.41, 5.74) is 20.0. The van der Waals surface area contributed by atoms with Gasteiger partial charge in [0.05, 0.1) is 0 Å². The summed E-state index contributed by atoms with van der Waals surface area (Å²) in [4.78, 5) is 0. The SMILES string of the molecule is C=C/C=C(\C=C/C)c1ccc(-c2c(C=C)c(C=C)c(-c3ccc(C=CC/C=C(\C(=C)C)c4ccccc4C)cc3)c3c2=CC=C=3)c(C=C)c1C=C.CC.CC. The maximum atomic E-state index is 4.29. The summed E-state index contributed by atoms with van der Waals surface area (Å²) in [5, 5.41) is 2.15. The molecule has 0 saturated carbocycles. The average molecular weight is 719 g/mol. The monoisotopic (exact) mass is 718 g/mol. The first-order chi connectivity index (χ1) is 26.8. The molecule has 0 fully saturated rings. The third-order valence-electron chi connectivity index (χ3n) is 9.29. The standard InChI is InChI=1S/C51H46.2C2H6/c1-10-21-38(22-11-2)46-33-34-49(41(13-4)40(46)12-3)51-43(15-6)42(14-5)50(47-27-20-28-48(47)51)39-31-29-37(30-32-39)24-17-19-25-44(35(7)8)45-26-18-16-23-36(45)9;2*1-2/h10-18,20-26,28-34H,1,3-7,19H2,2,8-9H3;2*1-2H3/b22-11-,24-17?,38-21+,44-25+;;.